The Bertz CT molecular complexity index is 834. The van der Waals surface area contributed by atoms with Crippen LogP contribution in [0, 0.1) is 11.3 Å². The third-order valence-corrected chi connectivity index (χ3v) is 2.90. The summed E-state index contributed by atoms with van der Waals surface area (Å²) in [4.78, 5) is 29.5. The molecule has 2 amide bonds. The fraction of sp³-hybridized carbons (Fsp3) is 0.133. The SMILES string of the molecule is CCOc1ccc(NC(=O)C(C#N)=NNc2nc[nH]c2C(N)=O)cc1. The number of nitrogens with two attached hydrogens (primary N) is 1. The van der Waals surface area contributed by atoms with E-state index < -0.39 is 17.5 Å². The normalized spacial score (nSPS) is 10.6. The van der Waals surface area contributed by atoms with Gasteiger partial charge in [-0.15, -0.1) is 0 Å². The molecule has 0 fully saturated rings. The minimum atomic E-state index is -0.757. The third kappa shape index (κ3) is 4.55. The predicted octanol–water partition coefficient (Wildman–Crippen LogP) is 0.837. The summed E-state index contributed by atoms with van der Waals surface area (Å²) >= 11 is 0. The summed E-state index contributed by atoms with van der Waals surface area (Å²) in [5.41, 5.74) is 7.49. The molecule has 5 N–H and O–H groups in total. The Labute approximate surface area is 142 Å². The van der Waals surface area contributed by atoms with Crippen LogP contribution < -0.4 is 21.2 Å². The fourth-order valence-electron chi connectivity index (χ4n) is 1.79. The molecule has 1 aromatic heterocycles. The van der Waals surface area contributed by atoms with Gasteiger partial charge >= 0.3 is 0 Å². The van der Waals surface area contributed by atoms with Gasteiger partial charge in [-0.2, -0.15) is 10.4 Å². The number of aromatic nitrogens is 2. The van der Waals surface area contributed by atoms with E-state index in [0.29, 0.717) is 18.0 Å². The van der Waals surface area contributed by atoms with Crippen molar-refractivity contribution in [1.82, 2.24) is 9.97 Å². The Hall–Kier alpha value is -3.87. The lowest BCUT2D eigenvalue weighted by Gasteiger charge is -2.06. The van der Waals surface area contributed by atoms with E-state index in [1.54, 1.807) is 30.3 Å². The van der Waals surface area contributed by atoms with Gasteiger partial charge in [0.05, 0.1) is 12.9 Å². The van der Waals surface area contributed by atoms with Crippen molar-refractivity contribution >= 4 is 29.0 Å². The number of benzene rings is 1. The van der Waals surface area contributed by atoms with E-state index in [4.69, 9.17) is 15.7 Å². The van der Waals surface area contributed by atoms with Crippen LogP contribution in [0.1, 0.15) is 17.4 Å². The molecule has 0 saturated heterocycles. The summed E-state index contributed by atoms with van der Waals surface area (Å²) in [5, 5.41) is 15.2. The zero-order chi connectivity index (χ0) is 18.2. The molecule has 2 aromatic rings. The molecular formula is C15H15N7O3. The summed E-state index contributed by atoms with van der Waals surface area (Å²) in [6, 6.07) is 8.29. The van der Waals surface area contributed by atoms with E-state index in [1.165, 1.54) is 6.33 Å². The lowest BCUT2D eigenvalue weighted by atomic mass is 10.3. The van der Waals surface area contributed by atoms with Gasteiger partial charge in [-0.05, 0) is 31.2 Å². The minimum Gasteiger partial charge on any atom is -0.494 e. The molecule has 10 nitrogen and oxygen atoms in total. The number of carbonyl (C=O) groups excluding carboxylic acids is 2. The van der Waals surface area contributed by atoms with Crippen LogP contribution in [0.5, 0.6) is 5.75 Å². The van der Waals surface area contributed by atoms with E-state index in [1.807, 2.05) is 6.92 Å². The molecule has 0 bridgehead atoms. The Kier molecular flexibility index (Phi) is 5.67. The van der Waals surface area contributed by atoms with Crippen molar-refractivity contribution in [3.05, 3.63) is 36.3 Å². The fourth-order valence-corrected chi connectivity index (χ4v) is 1.79. The number of nitrogens with zero attached hydrogens (tertiary/aromatic N) is 3. The molecule has 25 heavy (non-hydrogen) atoms. The number of amides is 2. The topological polar surface area (TPSA) is 158 Å². The number of hydrogen-bond acceptors (Lipinski definition) is 7. The highest BCUT2D eigenvalue weighted by Crippen LogP contribution is 2.15. The molecule has 0 radical (unpaired) electrons. The van der Waals surface area contributed by atoms with Crippen molar-refractivity contribution < 1.29 is 14.3 Å². The summed E-state index contributed by atoms with van der Waals surface area (Å²) < 4.78 is 5.30. The quantitative estimate of drug-likeness (QED) is 0.431. The summed E-state index contributed by atoms with van der Waals surface area (Å²) in [6.07, 6.45) is 1.23. The molecule has 0 atom stereocenters. The van der Waals surface area contributed by atoms with E-state index in [-0.39, 0.29) is 11.5 Å². The third-order valence-electron chi connectivity index (χ3n) is 2.90. The van der Waals surface area contributed by atoms with Crippen LogP contribution in [0.15, 0.2) is 35.7 Å². The van der Waals surface area contributed by atoms with E-state index in [2.05, 4.69) is 25.8 Å². The molecule has 0 aliphatic rings. The van der Waals surface area contributed by atoms with Crippen LogP contribution in [-0.2, 0) is 4.79 Å². The number of rotatable bonds is 7. The summed E-state index contributed by atoms with van der Waals surface area (Å²) in [7, 11) is 0. The Morgan fingerprint density at radius 1 is 1.40 bits per heavy atom. The van der Waals surface area contributed by atoms with Gasteiger partial charge in [-0.25, -0.2) is 4.98 Å². The predicted molar refractivity (Wildman–Crippen MR) is 90.0 cm³/mol. The van der Waals surface area contributed by atoms with Gasteiger partial charge in [0.2, 0.25) is 5.71 Å². The molecular weight excluding hydrogens is 326 g/mol. The van der Waals surface area contributed by atoms with Crippen molar-refractivity contribution in [2.75, 3.05) is 17.3 Å². The first-order valence-electron chi connectivity index (χ1n) is 7.16. The second-order valence-electron chi connectivity index (χ2n) is 4.59. The second-order valence-corrected chi connectivity index (χ2v) is 4.59. The zero-order valence-corrected chi connectivity index (χ0v) is 13.2. The zero-order valence-electron chi connectivity index (χ0n) is 13.2. The van der Waals surface area contributed by atoms with Gasteiger partial charge in [-0.3, -0.25) is 15.0 Å². The van der Waals surface area contributed by atoms with Gasteiger partial charge < -0.3 is 20.8 Å². The smallest absolute Gasteiger partial charge is 0.287 e. The van der Waals surface area contributed by atoms with Crippen LogP contribution in [0.4, 0.5) is 11.5 Å². The number of nitriles is 1. The number of aromatic amines is 1. The van der Waals surface area contributed by atoms with E-state index in [9.17, 15) is 9.59 Å². The number of ether oxygens (including phenoxy) is 1. The molecule has 0 spiro atoms. The molecule has 2 rings (SSSR count). The number of H-pyrrole nitrogens is 1. The number of hydrazone groups is 1. The Balaban J connectivity index is 2.06. The van der Waals surface area contributed by atoms with Crippen LogP contribution in [-0.4, -0.2) is 34.1 Å². The number of carbonyl (C=O) groups is 2. The first-order valence-corrected chi connectivity index (χ1v) is 7.16. The monoisotopic (exact) mass is 341 g/mol. The van der Waals surface area contributed by atoms with Gasteiger partial charge in [0, 0.05) is 5.69 Å². The summed E-state index contributed by atoms with van der Waals surface area (Å²) in [6.45, 7) is 2.39. The molecule has 0 aliphatic carbocycles. The lowest BCUT2D eigenvalue weighted by Crippen LogP contribution is -2.23. The van der Waals surface area contributed by atoms with E-state index in [0.717, 1.165) is 0 Å². The van der Waals surface area contributed by atoms with Gasteiger partial charge in [0.1, 0.15) is 17.5 Å². The number of nitrogens with one attached hydrogen (secondary N) is 3. The number of hydrogen-bond donors (Lipinski definition) is 4. The van der Waals surface area contributed by atoms with Crippen LogP contribution in [0.25, 0.3) is 0 Å². The van der Waals surface area contributed by atoms with Crippen molar-refractivity contribution in [1.29, 1.82) is 5.26 Å². The van der Waals surface area contributed by atoms with Gasteiger partial charge in [0.15, 0.2) is 5.82 Å². The standard InChI is InChI=1S/C15H15N7O3/c1-2-25-10-5-3-9(4-6-10)20-15(24)11(7-16)21-22-14-12(13(17)23)18-8-19-14/h3-6,8,22H,2H2,1H3,(H2,17,23)(H,18,19)(H,20,24). The van der Waals surface area contributed by atoms with Crippen LogP contribution in [0.3, 0.4) is 0 Å². The van der Waals surface area contributed by atoms with Crippen molar-refractivity contribution in [3.8, 4) is 11.8 Å². The van der Waals surface area contributed by atoms with Crippen LogP contribution >= 0.6 is 0 Å². The minimum absolute atomic E-state index is 0.00844. The molecule has 0 saturated carbocycles. The van der Waals surface area contributed by atoms with Crippen LogP contribution in [0.2, 0.25) is 0 Å². The molecule has 0 aliphatic heterocycles. The molecule has 1 aromatic carbocycles. The van der Waals surface area contributed by atoms with Gasteiger partial charge in [0.25, 0.3) is 11.8 Å². The first kappa shape index (κ1) is 17.5. The number of primary amides is 1. The summed E-state index contributed by atoms with van der Waals surface area (Å²) in [5.74, 6) is -0.814. The highest BCUT2D eigenvalue weighted by atomic mass is 16.5. The molecule has 128 valence electrons. The van der Waals surface area contributed by atoms with Crippen molar-refractivity contribution in [2.45, 2.75) is 6.92 Å². The molecule has 1 heterocycles. The maximum Gasteiger partial charge on any atom is 0.287 e. The van der Waals surface area contributed by atoms with Crippen molar-refractivity contribution in [3.63, 3.8) is 0 Å². The highest BCUT2D eigenvalue weighted by Gasteiger charge is 2.14. The Morgan fingerprint density at radius 3 is 2.72 bits per heavy atom. The highest BCUT2D eigenvalue weighted by molar-refractivity contribution is 6.48. The number of imidazole rings is 1. The lowest BCUT2D eigenvalue weighted by molar-refractivity contribution is -0.110. The number of anilines is 2. The maximum absolute atomic E-state index is 12.1. The average molecular weight is 341 g/mol. The van der Waals surface area contributed by atoms with Gasteiger partial charge in [-0.1, -0.05) is 0 Å². The maximum atomic E-state index is 12.1. The van der Waals surface area contributed by atoms with Crippen molar-refractivity contribution in [2.24, 2.45) is 10.8 Å². The molecule has 10 heteroatoms. The molecule has 0 unspecified atom stereocenters. The average Bonchev–Trinajstić information content (AvgIpc) is 3.06. The second kappa shape index (κ2) is 8.11. The first-order chi connectivity index (χ1) is 12.0. The largest absolute Gasteiger partial charge is 0.494 e. The van der Waals surface area contributed by atoms with E-state index >= 15 is 0 Å². The Morgan fingerprint density at radius 2 is 2.12 bits per heavy atom.